The minimum absolute atomic E-state index is 0.0158. The molecule has 84 valence electrons. The molecule has 1 N–H and O–H groups in total. The third-order valence-corrected chi connectivity index (χ3v) is 2.02. The number of morpholine rings is 1. The molecule has 0 saturated carbocycles. The molecule has 1 aromatic heterocycles. The molecule has 1 aromatic rings. The van der Waals surface area contributed by atoms with Gasteiger partial charge in [-0.3, -0.25) is 0 Å². The summed E-state index contributed by atoms with van der Waals surface area (Å²) in [4.78, 5) is 3.58. The van der Waals surface area contributed by atoms with Crippen LogP contribution in [-0.2, 0) is 10.9 Å². The van der Waals surface area contributed by atoms with Crippen molar-refractivity contribution in [3.8, 4) is 0 Å². The zero-order valence-corrected chi connectivity index (χ0v) is 7.67. The Hall–Kier alpha value is -1.08. The maximum Gasteiger partial charge on any atom is 0.451 e. The number of nitrogens with one attached hydrogen (secondary N) is 1. The van der Waals surface area contributed by atoms with Crippen molar-refractivity contribution in [2.45, 2.75) is 12.2 Å². The maximum atomic E-state index is 12.2. The van der Waals surface area contributed by atoms with Crippen molar-refractivity contribution in [1.29, 1.82) is 0 Å². The van der Waals surface area contributed by atoms with Crippen LogP contribution >= 0.6 is 0 Å². The number of aromatic nitrogens is 1. The van der Waals surface area contributed by atoms with Gasteiger partial charge < -0.3 is 14.5 Å². The zero-order valence-electron chi connectivity index (χ0n) is 7.67. The lowest BCUT2D eigenvalue weighted by molar-refractivity contribution is -0.153. The summed E-state index contributed by atoms with van der Waals surface area (Å²) in [6.07, 6.45) is -3.80. The van der Waals surface area contributed by atoms with E-state index in [0.717, 1.165) is 0 Å². The van der Waals surface area contributed by atoms with Gasteiger partial charge in [-0.2, -0.15) is 13.2 Å². The molecule has 0 aliphatic carbocycles. The molecule has 0 radical (unpaired) electrons. The van der Waals surface area contributed by atoms with Gasteiger partial charge in [-0.15, -0.1) is 0 Å². The first-order chi connectivity index (χ1) is 7.07. The predicted octanol–water partition coefficient (Wildman–Crippen LogP) is 1.35. The Morgan fingerprint density at radius 2 is 2.27 bits per heavy atom. The van der Waals surface area contributed by atoms with Crippen LogP contribution < -0.4 is 5.32 Å². The molecule has 1 aliphatic heterocycles. The molecule has 2 heterocycles. The second kappa shape index (κ2) is 3.82. The molecule has 1 saturated heterocycles. The number of nitrogens with zero attached hydrogens (tertiary/aromatic N) is 1. The molecule has 0 spiro atoms. The normalized spacial score (nSPS) is 23.0. The van der Waals surface area contributed by atoms with Gasteiger partial charge in [0.25, 0.3) is 0 Å². The van der Waals surface area contributed by atoms with E-state index in [2.05, 4.69) is 14.7 Å². The Morgan fingerprint density at radius 3 is 2.80 bits per heavy atom. The van der Waals surface area contributed by atoms with Crippen LogP contribution in [-0.4, -0.2) is 24.7 Å². The summed E-state index contributed by atoms with van der Waals surface area (Å²) >= 11 is 0. The molecule has 0 amide bonds. The lowest BCUT2D eigenvalue weighted by Crippen LogP contribution is -2.34. The fraction of sp³-hybridized carbons (Fsp3) is 0.625. The van der Waals surface area contributed by atoms with Crippen molar-refractivity contribution >= 4 is 0 Å². The van der Waals surface area contributed by atoms with Crippen LogP contribution in [0.3, 0.4) is 0 Å². The fourth-order valence-electron chi connectivity index (χ4n) is 1.30. The predicted molar refractivity (Wildman–Crippen MR) is 43.1 cm³/mol. The fourth-order valence-corrected chi connectivity index (χ4v) is 1.30. The summed E-state index contributed by atoms with van der Waals surface area (Å²) in [5.41, 5.74) is 0. The van der Waals surface area contributed by atoms with Crippen LogP contribution in [0.4, 0.5) is 13.2 Å². The van der Waals surface area contributed by atoms with Crippen LogP contribution in [0.25, 0.3) is 0 Å². The van der Waals surface area contributed by atoms with Gasteiger partial charge in [0, 0.05) is 6.54 Å². The topological polar surface area (TPSA) is 47.3 Å². The summed E-state index contributed by atoms with van der Waals surface area (Å²) < 4.78 is 46.2. The third-order valence-electron chi connectivity index (χ3n) is 2.02. The number of oxazole rings is 1. The minimum atomic E-state index is -4.49. The van der Waals surface area contributed by atoms with Crippen LogP contribution in [0.5, 0.6) is 0 Å². The van der Waals surface area contributed by atoms with Crippen molar-refractivity contribution in [2.24, 2.45) is 0 Å². The Morgan fingerprint density at radius 1 is 1.47 bits per heavy atom. The summed E-state index contributed by atoms with van der Waals surface area (Å²) in [6.45, 7) is 1.40. The van der Waals surface area contributed by atoms with Crippen molar-refractivity contribution in [2.75, 3.05) is 19.8 Å². The monoisotopic (exact) mass is 222 g/mol. The van der Waals surface area contributed by atoms with Gasteiger partial charge in [0.05, 0.1) is 19.4 Å². The number of ether oxygens (including phenoxy) is 1. The number of alkyl halides is 3. The molecule has 1 atom stereocenters. The summed E-state index contributed by atoms with van der Waals surface area (Å²) in [7, 11) is 0. The average molecular weight is 222 g/mol. The standard InChI is InChI=1S/C8H9F3N2O2/c9-8(10,11)6-3-13-7(15-6)5-4-14-2-1-12-5/h3,5,12H,1-2,4H2. The first-order valence-electron chi connectivity index (χ1n) is 4.41. The second-order valence-electron chi connectivity index (χ2n) is 3.14. The van der Waals surface area contributed by atoms with Crippen molar-refractivity contribution < 1.29 is 22.3 Å². The number of hydrogen-bond donors (Lipinski definition) is 1. The van der Waals surface area contributed by atoms with Gasteiger partial charge in [-0.1, -0.05) is 0 Å². The molecular formula is C8H9F3N2O2. The van der Waals surface area contributed by atoms with Crippen molar-refractivity contribution in [3.63, 3.8) is 0 Å². The van der Waals surface area contributed by atoms with E-state index in [-0.39, 0.29) is 12.5 Å². The molecule has 1 unspecified atom stereocenters. The SMILES string of the molecule is FC(F)(F)c1cnc(C2COCCN2)o1. The Labute approximate surface area is 83.4 Å². The van der Waals surface area contributed by atoms with Gasteiger partial charge in [0.1, 0.15) is 6.04 Å². The molecule has 15 heavy (non-hydrogen) atoms. The second-order valence-corrected chi connectivity index (χ2v) is 3.14. The smallest absolute Gasteiger partial charge is 0.434 e. The van der Waals surface area contributed by atoms with Gasteiger partial charge in [-0.25, -0.2) is 4.98 Å². The van der Waals surface area contributed by atoms with Crippen molar-refractivity contribution in [1.82, 2.24) is 10.3 Å². The van der Waals surface area contributed by atoms with Crippen LogP contribution in [0, 0.1) is 0 Å². The lowest BCUT2D eigenvalue weighted by Gasteiger charge is -2.20. The highest BCUT2D eigenvalue weighted by Gasteiger charge is 2.36. The molecule has 1 fully saturated rings. The van der Waals surface area contributed by atoms with E-state index in [1.807, 2.05) is 0 Å². The van der Waals surface area contributed by atoms with Crippen molar-refractivity contribution in [3.05, 3.63) is 17.8 Å². The first kappa shape index (κ1) is 10.4. The zero-order chi connectivity index (χ0) is 10.9. The van der Waals surface area contributed by atoms with E-state index >= 15 is 0 Å². The van der Waals surface area contributed by atoms with E-state index in [0.29, 0.717) is 19.3 Å². The van der Waals surface area contributed by atoms with E-state index in [4.69, 9.17) is 4.74 Å². The summed E-state index contributed by atoms with van der Waals surface area (Å²) in [5.74, 6) is -1.06. The maximum absolute atomic E-state index is 12.2. The number of hydrogen-bond acceptors (Lipinski definition) is 4. The number of rotatable bonds is 1. The highest BCUT2D eigenvalue weighted by Crippen LogP contribution is 2.30. The van der Waals surface area contributed by atoms with Crippen LogP contribution in [0.15, 0.2) is 10.6 Å². The molecular weight excluding hydrogens is 213 g/mol. The Bertz CT molecular complexity index is 331. The Balaban J connectivity index is 2.12. The van der Waals surface area contributed by atoms with Gasteiger partial charge in [0.2, 0.25) is 11.7 Å². The molecule has 0 aromatic carbocycles. The molecule has 0 bridgehead atoms. The summed E-state index contributed by atoms with van der Waals surface area (Å²) in [5, 5.41) is 2.95. The largest absolute Gasteiger partial charge is 0.451 e. The minimum Gasteiger partial charge on any atom is -0.434 e. The van der Waals surface area contributed by atoms with E-state index in [1.54, 1.807) is 0 Å². The van der Waals surface area contributed by atoms with Gasteiger partial charge in [-0.05, 0) is 0 Å². The Kier molecular flexibility index (Phi) is 2.66. The first-order valence-corrected chi connectivity index (χ1v) is 4.41. The van der Waals surface area contributed by atoms with Gasteiger partial charge >= 0.3 is 6.18 Å². The van der Waals surface area contributed by atoms with Gasteiger partial charge in [0.15, 0.2) is 0 Å². The highest BCUT2D eigenvalue weighted by atomic mass is 19.4. The quantitative estimate of drug-likeness (QED) is 0.779. The van der Waals surface area contributed by atoms with Crippen LogP contribution in [0.1, 0.15) is 17.7 Å². The van der Waals surface area contributed by atoms with E-state index in [1.165, 1.54) is 0 Å². The lowest BCUT2D eigenvalue weighted by atomic mass is 10.3. The molecule has 4 nitrogen and oxygen atoms in total. The van der Waals surface area contributed by atoms with Crippen LogP contribution in [0.2, 0.25) is 0 Å². The third kappa shape index (κ3) is 2.29. The molecule has 7 heteroatoms. The number of halogens is 3. The molecule has 2 rings (SSSR count). The van der Waals surface area contributed by atoms with E-state index < -0.39 is 18.0 Å². The summed E-state index contributed by atoms with van der Waals surface area (Å²) in [6, 6.07) is -0.394. The highest BCUT2D eigenvalue weighted by molar-refractivity contribution is 5.02. The molecule has 1 aliphatic rings. The van der Waals surface area contributed by atoms with E-state index in [9.17, 15) is 13.2 Å². The average Bonchev–Trinajstić information content (AvgIpc) is 2.67.